The third-order valence-electron chi connectivity index (χ3n) is 3.06. The number of ether oxygens (including phenoxy) is 1. The lowest BCUT2D eigenvalue weighted by molar-refractivity contribution is 0.111. The van der Waals surface area contributed by atoms with Gasteiger partial charge in [0.1, 0.15) is 5.75 Å². The van der Waals surface area contributed by atoms with Crippen LogP contribution >= 0.6 is 0 Å². The van der Waals surface area contributed by atoms with Crippen LogP contribution in [0, 0.1) is 0 Å². The number of carbonyl (C=O) groups excluding carboxylic acids is 1. The molecule has 1 aliphatic heterocycles. The summed E-state index contributed by atoms with van der Waals surface area (Å²) in [5.41, 5.74) is 1.81. The average molecular weight is 233 g/mol. The standard InChI is InChI=1S/C14H19NO2/c1-2-9-17-14-10-13(6-5-12(14)11-16)15-7-3-4-8-15/h5-6,10-11H,2-4,7-9H2,1H3. The average Bonchev–Trinajstić information content (AvgIpc) is 2.89. The van der Waals surface area contributed by atoms with E-state index in [2.05, 4.69) is 11.8 Å². The number of nitrogens with zero attached hydrogens (tertiary/aromatic N) is 1. The molecule has 3 heteroatoms. The summed E-state index contributed by atoms with van der Waals surface area (Å²) in [6.07, 6.45) is 4.31. The van der Waals surface area contributed by atoms with Crippen molar-refractivity contribution < 1.29 is 9.53 Å². The van der Waals surface area contributed by atoms with Gasteiger partial charge in [0.2, 0.25) is 0 Å². The zero-order valence-electron chi connectivity index (χ0n) is 10.3. The Kier molecular flexibility index (Phi) is 4.02. The molecule has 92 valence electrons. The topological polar surface area (TPSA) is 29.5 Å². The summed E-state index contributed by atoms with van der Waals surface area (Å²) < 4.78 is 5.62. The van der Waals surface area contributed by atoms with Gasteiger partial charge in [-0.15, -0.1) is 0 Å². The third kappa shape index (κ3) is 2.78. The van der Waals surface area contributed by atoms with E-state index in [1.54, 1.807) is 0 Å². The molecule has 2 rings (SSSR count). The Balaban J connectivity index is 2.20. The molecular formula is C14H19NO2. The summed E-state index contributed by atoms with van der Waals surface area (Å²) in [4.78, 5) is 13.3. The predicted molar refractivity (Wildman–Crippen MR) is 69.1 cm³/mol. The fraction of sp³-hybridized carbons (Fsp3) is 0.500. The van der Waals surface area contributed by atoms with Crippen molar-refractivity contribution in [3.05, 3.63) is 23.8 Å². The molecule has 1 aromatic carbocycles. The monoisotopic (exact) mass is 233 g/mol. The molecule has 1 fully saturated rings. The first-order valence-corrected chi connectivity index (χ1v) is 6.32. The lowest BCUT2D eigenvalue weighted by atomic mass is 10.2. The lowest BCUT2D eigenvalue weighted by Crippen LogP contribution is -2.17. The summed E-state index contributed by atoms with van der Waals surface area (Å²) in [5, 5.41) is 0. The van der Waals surface area contributed by atoms with Crippen LogP contribution in [0.15, 0.2) is 18.2 Å². The van der Waals surface area contributed by atoms with Gasteiger partial charge in [-0.3, -0.25) is 4.79 Å². The first-order valence-electron chi connectivity index (χ1n) is 6.32. The Morgan fingerprint density at radius 3 is 2.76 bits per heavy atom. The van der Waals surface area contributed by atoms with Crippen molar-refractivity contribution >= 4 is 12.0 Å². The van der Waals surface area contributed by atoms with E-state index in [0.29, 0.717) is 17.9 Å². The van der Waals surface area contributed by atoms with Crippen LogP contribution in [-0.4, -0.2) is 26.0 Å². The summed E-state index contributed by atoms with van der Waals surface area (Å²) in [7, 11) is 0. The molecule has 1 aromatic rings. The summed E-state index contributed by atoms with van der Waals surface area (Å²) in [6.45, 7) is 4.93. The van der Waals surface area contributed by atoms with Gasteiger partial charge in [-0.1, -0.05) is 6.92 Å². The molecule has 1 heterocycles. The van der Waals surface area contributed by atoms with Crippen molar-refractivity contribution in [1.82, 2.24) is 0 Å². The van der Waals surface area contributed by atoms with E-state index >= 15 is 0 Å². The van der Waals surface area contributed by atoms with Crippen LogP contribution in [0.2, 0.25) is 0 Å². The van der Waals surface area contributed by atoms with Crippen LogP contribution in [0.5, 0.6) is 5.75 Å². The largest absolute Gasteiger partial charge is 0.493 e. The second-order valence-electron chi connectivity index (χ2n) is 4.38. The second kappa shape index (κ2) is 5.71. The van der Waals surface area contributed by atoms with E-state index in [1.807, 2.05) is 18.2 Å². The van der Waals surface area contributed by atoms with Gasteiger partial charge in [-0.05, 0) is 31.4 Å². The first kappa shape index (κ1) is 12.0. The van der Waals surface area contributed by atoms with E-state index in [1.165, 1.54) is 18.5 Å². The molecule has 0 N–H and O–H groups in total. The van der Waals surface area contributed by atoms with Crippen molar-refractivity contribution in [2.75, 3.05) is 24.6 Å². The van der Waals surface area contributed by atoms with Gasteiger partial charge < -0.3 is 9.64 Å². The minimum atomic E-state index is 0.640. The van der Waals surface area contributed by atoms with Crippen molar-refractivity contribution in [3.8, 4) is 5.75 Å². The zero-order valence-corrected chi connectivity index (χ0v) is 10.3. The molecule has 17 heavy (non-hydrogen) atoms. The Bertz CT molecular complexity index is 384. The van der Waals surface area contributed by atoms with E-state index in [-0.39, 0.29) is 0 Å². The van der Waals surface area contributed by atoms with Crippen LogP contribution in [0.1, 0.15) is 36.5 Å². The Morgan fingerprint density at radius 2 is 2.12 bits per heavy atom. The van der Waals surface area contributed by atoms with E-state index in [9.17, 15) is 4.79 Å². The van der Waals surface area contributed by atoms with E-state index < -0.39 is 0 Å². The van der Waals surface area contributed by atoms with Crippen molar-refractivity contribution in [3.63, 3.8) is 0 Å². The van der Waals surface area contributed by atoms with Gasteiger partial charge in [-0.2, -0.15) is 0 Å². The van der Waals surface area contributed by atoms with Gasteiger partial charge in [0, 0.05) is 24.8 Å². The maximum atomic E-state index is 10.9. The summed E-state index contributed by atoms with van der Waals surface area (Å²) >= 11 is 0. The number of benzene rings is 1. The highest BCUT2D eigenvalue weighted by molar-refractivity contribution is 5.80. The molecule has 0 aliphatic carbocycles. The second-order valence-corrected chi connectivity index (χ2v) is 4.38. The maximum Gasteiger partial charge on any atom is 0.153 e. The first-order chi connectivity index (χ1) is 8.35. The molecule has 3 nitrogen and oxygen atoms in total. The molecule has 0 spiro atoms. The highest BCUT2D eigenvalue weighted by Crippen LogP contribution is 2.27. The van der Waals surface area contributed by atoms with Crippen LogP contribution in [0.4, 0.5) is 5.69 Å². The van der Waals surface area contributed by atoms with Gasteiger partial charge in [0.25, 0.3) is 0 Å². The van der Waals surface area contributed by atoms with Crippen LogP contribution < -0.4 is 9.64 Å². The molecule has 0 amide bonds. The predicted octanol–water partition coefficient (Wildman–Crippen LogP) is 2.89. The lowest BCUT2D eigenvalue weighted by Gasteiger charge is -2.19. The summed E-state index contributed by atoms with van der Waals surface area (Å²) in [6, 6.07) is 5.85. The zero-order chi connectivity index (χ0) is 12.1. The summed E-state index contributed by atoms with van der Waals surface area (Å²) in [5.74, 6) is 0.714. The van der Waals surface area contributed by atoms with Gasteiger partial charge in [-0.25, -0.2) is 0 Å². The van der Waals surface area contributed by atoms with Gasteiger partial charge in [0.15, 0.2) is 6.29 Å². The molecule has 0 bridgehead atoms. The van der Waals surface area contributed by atoms with Gasteiger partial charge >= 0.3 is 0 Å². The third-order valence-corrected chi connectivity index (χ3v) is 3.06. The molecule has 0 radical (unpaired) electrons. The molecule has 0 saturated carbocycles. The van der Waals surface area contributed by atoms with Crippen molar-refractivity contribution in [2.24, 2.45) is 0 Å². The number of anilines is 1. The van der Waals surface area contributed by atoms with E-state index in [4.69, 9.17) is 4.74 Å². The quantitative estimate of drug-likeness (QED) is 0.732. The van der Waals surface area contributed by atoms with Crippen LogP contribution in [-0.2, 0) is 0 Å². The Labute approximate surface area is 102 Å². The number of rotatable bonds is 5. The Morgan fingerprint density at radius 1 is 1.35 bits per heavy atom. The highest BCUT2D eigenvalue weighted by atomic mass is 16.5. The minimum Gasteiger partial charge on any atom is -0.493 e. The Hall–Kier alpha value is -1.51. The maximum absolute atomic E-state index is 10.9. The number of hydrogen-bond donors (Lipinski definition) is 0. The van der Waals surface area contributed by atoms with Crippen molar-refractivity contribution in [2.45, 2.75) is 26.2 Å². The SMILES string of the molecule is CCCOc1cc(N2CCCC2)ccc1C=O. The number of carbonyl (C=O) groups is 1. The highest BCUT2D eigenvalue weighted by Gasteiger charge is 2.14. The van der Waals surface area contributed by atoms with E-state index in [0.717, 1.165) is 25.8 Å². The molecule has 1 aliphatic rings. The molecule has 1 saturated heterocycles. The fourth-order valence-corrected chi connectivity index (χ4v) is 2.13. The molecule has 0 aromatic heterocycles. The smallest absolute Gasteiger partial charge is 0.153 e. The number of aldehydes is 1. The van der Waals surface area contributed by atoms with Crippen molar-refractivity contribution in [1.29, 1.82) is 0 Å². The minimum absolute atomic E-state index is 0.640. The fourth-order valence-electron chi connectivity index (χ4n) is 2.13. The van der Waals surface area contributed by atoms with Crippen LogP contribution in [0.3, 0.4) is 0 Å². The van der Waals surface area contributed by atoms with Gasteiger partial charge in [0.05, 0.1) is 12.2 Å². The normalized spacial score (nSPS) is 15.0. The number of hydrogen-bond acceptors (Lipinski definition) is 3. The molecule has 0 atom stereocenters. The molecular weight excluding hydrogens is 214 g/mol. The van der Waals surface area contributed by atoms with Crippen LogP contribution in [0.25, 0.3) is 0 Å². The molecule has 0 unspecified atom stereocenters.